The number of nitrogens with zero attached hydrogens (tertiary/aromatic N) is 2. The smallest absolute Gasteiger partial charge is 0.0898 e. The molecule has 0 amide bonds. The lowest BCUT2D eigenvalue weighted by Gasteiger charge is -2.17. The van der Waals surface area contributed by atoms with Crippen LogP contribution >= 0.6 is 22.9 Å². The van der Waals surface area contributed by atoms with Crippen LogP contribution in [0.3, 0.4) is 0 Å². The van der Waals surface area contributed by atoms with Crippen molar-refractivity contribution in [2.24, 2.45) is 0 Å². The molecule has 0 saturated carbocycles. The lowest BCUT2D eigenvalue weighted by Crippen LogP contribution is -2.24. The molecule has 2 heterocycles. The summed E-state index contributed by atoms with van der Waals surface area (Å²) in [6, 6.07) is 2.19. The third kappa shape index (κ3) is 4.00. The van der Waals surface area contributed by atoms with E-state index >= 15 is 0 Å². The molecule has 0 aliphatic heterocycles. The van der Waals surface area contributed by atoms with Crippen LogP contribution in [0.15, 0.2) is 23.8 Å². The molecule has 0 aliphatic rings. The molecule has 0 bridgehead atoms. The molecule has 1 atom stereocenters. The van der Waals surface area contributed by atoms with E-state index in [9.17, 15) is 0 Å². The van der Waals surface area contributed by atoms with Gasteiger partial charge < -0.3 is 5.32 Å². The summed E-state index contributed by atoms with van der Waals surface area (Å²) >= 11 is 7.87. The first-order valence-electron chi connectivity index (χ1n) is 6.44. The van der Waals surface area contributed by atoms with Crippen LogP contribution in [-0.4, -0.2) is 16.5 Å². The Morgan fingerprint density at radius 1 is 1.47 bits per heavy atom. The number of aromatic nitrogens is 2. The van der Waals surface area contributed by atoms with Crippen LogP contribution in [0.2, 0.25) is 5.02 Å². The van der Waals surface area contributed by atoms with Crippen molar-refractivity contribution in [3.05, 3.63) is 45.1 Å². The number of rotatable bonds is 6. The molecule has 1 N–H and O–H groups in total. The molecule has 3 nitrogen and oxygen atoms in total. The van der Waals surface area contributed by atoms with Crippen molar-refractivity contribution in [2.45, 2.75) is 32.7 Å². The number of aryl methyl sites for hydroxylation is 1. The molecule has 0 aliphatic carbocycles. The van der Waals surface area contributed by atoms with E-state index in [0.717, 1.165) is 40.7 Å². The predicted molar refractivity (Wildman–Crippen MR) is 80.8 cm³/mol. The largest absolute Gasteiger partial charge is 0.308 e. The Morgan fingerprint density at radius 3 is 2.95 bits per heavy atom. The Bertz CT molecular complexity index is 527. The molecule has 0 aromatic carbocycles. The zero-order valence-electron chi connectivity index (χ0n) is 11.2. The van der Waals surface area contributed by atoms with Crippen LogP contribution < -0.4 is 5.32 Å². The maximum atomic E-state index is 6.19. The fourth-order valence-corrected chi connectivity index (χ4v) is 2.79. The molecule has 2 aromatic rings. The van der Waals surface area contributed by atoms with E-state index in [-0.39, 0.29) is 6.04 Å². The molecule has 0 spiro atoms. The van der Waals surface area contributed by atoms with Gasteiger partial charge in [0.05, 0.1) is 21.8 Å². The average molecular weight is 296 g/mol. The van der Waals surface area contributed by atoms with Crippen LogP contribution in [0.1, 0.15) is 35.7 Å². The Labute approximate surface area is 123 Å². The van der Waals surface area contributed by atoms with Gasteiger partial charge in [0.2, 0.25) is 0 Å². The summed E-state index contributed by atoms with van der Waals surface area (Å²) in [5, 5.41) is 7.48. The molecule has 2 aromatic heterocycles. The molecule has 0 radical (unpaired) electrons. The monoisotopic (exact) mass is 295 g/mol. The Balaban J connectivity index is 2.16. The van der Waals surface area contributed by atoms with E-state index in [1.807, 2.05) is 13.0 Å². The third-order valence-corrected chi connectivity index (χ3v) is 4.05. The standard InChI is InChI=1S/C14H18ClN3S/c1-3-5-17-13(14-9-19-10(2)18-14)7-11-4-6-16-8-12(11)15/h4,6,8-9,13,17H,3,5,7H2,1-2H3. The summed E-state index contributed by atoms with van der Waals surface area (Å²) in [4.78, 5) is 8.61. The van der Waals surface area contributed by atoms with Crippen molar-refractivity contribution in [1.82, 2.24) is 15.3 Å². The van der Waals surface area contributed by atoms with Crippen molar-refractivity contribution in [1.29, 1.82) is 0 Å². The number of halogens is 1. The van der Waals surface area contributed by atoms with Gasteiger partial charge >= 0.3 is 0 Å². The lowest BCUT2D eigenvalue weighted by molar-refractivity contribution is 0.519. The second kappa shape index (κ2) is 6.98. The average Bonchev–Trinajstić information content (AvgIpc) is 2.83. The van der Waals surface area contributed by atoms with Crippen molar-refractivity contribution in [3.8, 4) is 0 Å². The van der Waals surface area contributed by atoms with Gasteiger partial charge in [0.15, 0.2) is 0 Å². The number of nitrogens with one attached hydrogen (secondary N) is 1. The minimum absolute atomic E-state index is 0.213. The first-order valence-corrected chi connectivity index (χ1v) is 7.70. The molecule has 2 rings (SSSR count). The van der Waals surface area contributed by atoms with Gasteiger partial charge in [0.1, 0.15) is 0 Å². The highest BCUT2D eigenvalue weighted by Crippen LogP contribution is 2.24. The quantitative estimate of drug-likeness (QED) is 0.881. The molecule has 0 saturated heterocycles. The summed E-state index contributed by atoms with van der Waals surface area (Å²) in [5.74, 6) is 0. The minimum Gasteiger partial charge on any atom is -0.308 e. The van der Waals surface area contributed by atoms with Gasteiger partial charge in [-0.2, -0.15) is 0 Å². The summed E-state index contributed by atoms with van der Waals surface area (Å²) in [6.45, 7) is 5.17. The first-order chi connectivity index (χ1) is 9.20. The van der Waals surface area contributed by atoms with Crippen LogP contribution in [0.4, 0.5) is 0 Å². The van der Waals surface area contributed by atoms with E-state index in [1.165, 1.54) is 0 Å². The highest BCUT2D eigenvalue weighted by atomic mass is 35.5. The fraction of sp³-hybridized carbons (Fsp3) is 0.429. The van der Waals surface area contributed by atoms with Crippen molar-refractivity contribution < 1.29 is 0 Å². The van der Waals surface area contributed by atoms with Gasteiger partial charge in [-0.15, -0.1) is 11.3 Å². The highest BCUT2D eigenvalue weighted by molar-refractivity contribution is 7.09. The predicted octanol–water partition coefficient (Wildman–Crippen LogP) is 3.78. The SMILES string of the molecule is CCCNC(Cc1ccncc1Cl)c1csc(C)n1. The minimum atomic E-state index is 0.213. The van der Waals surface area contributed by atoms with Crippen LogP contribution in [-0.2, 0) is 6.42 Å². The normalized spacial score (nSPS) is 12.6. The molecule has 1 unspecified atom stereocenters. The Morgan fingerprint density at radius 2 is 2.32 bits per heavy atom. The topological polar surface area (TPSA) is 37.8 Å². The summed E-state index contributed by atoms with van der Waals surface area (Å²) in [6.07, 6.45) is 5.42. The fourth-order valence-electron chi connectivity index (χ4n) is 1.93. The van der Waals surface area contributed by atoms with E-state index in [0.29, 0.717) is 0 Å². The van der Waals surface area contributed by atoms with Crippen molar-refractivity contribution in [3.63, 3.8) is 0 Å². The van der Waals surface area contributed by atoms with E-state index in [2.05, 4.69) is 27.6 Å². The molecular weight excluding hydrogens is 278 g/mol. The Hall–Kier alpha value is -0.970. The zero-order chi connectivity index (χ0) is 13.7. The first kappa shape index (κ1) is 14.4. The van der Waals surface area contributed by atoms with Gasteiger partial charge in [-0.3, -0.25) is 4.98 Å². The van der Waals surface area contributed by atoms with Crippen molar-refractivity contribution >= 4 is 22.9 Å². The second-order valence-corrected chi connectivity index (χ2v) is 5.94. The number of hydrogen-bond acceptors (Lipinski definition) is 4. The van der Waals surface area contributed by atoms with Gasteiger partial charge in [0.25, 0.3) is 0 Å². The molecule has 0 fully saturated rings. The van der Waals surface area contributed by atoms with Gasteiger partial charge in [0, 0.05) is 17.8 Å². The van der Waals surface area contributed by atoms with Crippen LogP contribution in [0.5, 0.6) is 0 Å². The van der Waals surface area contributed by atoms with E-state index in [4.69, 9.17) is 11.6 Å². The number of hydrogen-bond donors (Lipinski definition) is 1. The summed E-state index contributed by atoms with van der Waals surface area (Å²) in [7, 11) is 0. The molecule has 102 valence electrons. The molecular formula is C14H18ClN3S. The maximum absolute atomic E-state index is 6.19. The maximum Gasteiger partial charge on any atom is 0.0898 e. The van der Waals surface area contributed by atoms with Gasteiger partial charge in [-0.05, 0) is 37.9 Å². The lowest BCUT2D eigenvalue weighted by atomic mass is 10.0. The molecule has 19 heavy (non-hydrogen) atoms. The zero-order valence-corrected chi connectivity index (χ0v) is 12.8. The van der Waals surface area contributed by atoms with E-state index in [1.54, 1.807) is 23.7 Å². The Kier molecular flexibility index (Phi) is 5.31. The summed E-state index contributed by atoms with van der Waals surface area (Å²) < 4.78 is 0. The van der Waals surface area contributed by atoms with Gasteiger partial charge in [-0.1, -0.05) is 18.5 Å². The number of pyridine rings is 1. The molecule has 5 heteroatoms. The third-order valence-electron chi connectivity index (χ3n) is 2.92. The van der Waals surface area contributed by atoms with E-state index < -0.39 is 0 Å². The highest BCUT2D eigenvalue weighted by Gasteiger charge is 2.15. The summed E-state index contributed by atoms with van der Waals surface area (Å²) in [5.41, 5.74) is 2.21. The van der Waals surface area contributed by atoms with Crippen LogP contribution in [0.25, 0.3) is 0 Å². The van der Waals surface area contributed by atoms with Crippen LogP contribution in [0, 0.1) is 6.92 Å². The number of thiazole rings is 1. The van der Waals surface area contributed by atoms with Gasteiger partial charge in [-0.25, -0.2) is 4.98 Å². The second-order valence-electron chi connectivity index (χ2n) is 4.47. The van der Waals surface area contributed by atoms with Crippen molar-refractivity contribution in [2.75, 3.05) is 6.54 Å².